The Morgan fingerprint density at radius 1 is 1.35 bits per heavy atom. The second-order valence-corrected chi connectivity index (χ2v) is 4.34. The van der Waals surface area contributed by atoms with Crippen LogP contribution in [0.5, 0.6) is 0 Å². The number of carbonyl (C=O) groups is 1. The molecule has 3 N–H and O–H groups in total. The predicted octanol–water partition coefficient (Wildman–Crippen LogP) is 2.92. The van der Waals surface area contributed by atoms with E-state index in [0.717, 1.165) is 18.7 Å². The van der Waals surface area contributed by atoms with Crippen molar-refractivity contribution in [3.63, 3.8) is 0 Å². The molecule has 0 aliphatic carbocycles. The Hall–Kier alpha value is -1.71. The quantitative estimate of drug-likeness (QED) is 0.788. The topological polar surface area (TPSA) is 58.4 Å². The van der Waals surface area contributed by atoms with Crippen LogP contribution < -0.4 is 11.1 Å². The lowest BCUT2D eigenvalue weighted by Gasteiger charge is -2.26. The first-order valence-electron chi connectivity index (χ1n) is 5.97. The standard InChI is InChI=1S/C13H21N3O/c1-4-9-16(10(2)3)13(17)15-12-7-5-11(14)6-8-12/h5-8,10H,4,9,14H2,1-3H3,(H,15,17). The van der Waals surface area contributed by atoms with Crippen molar-refractivity contribution < 1.29 is 4.79 Å². The zero-order chi connectivity index (χ0) is 12.8. The minimum atomic E-state index is -0.0633. The van der Waals surface area contributed by atoms with Crippen LogP contribution in [-0.2, 0) is 0 Å². The van der Waals surface area contributed by atoms with Gasteiger partial charge in [-0.25, -0.2) is 4.79 Å². The highest BCUT2D eigenvalue weighted by Crippen LogP contribution is 2.12. The number of urea groups is 1. The number of anilines is 2. The first-order valence-corrected chi connectivity index (χ1v) is 5.97. The number of carbonyl (C=O) groups excluding carboxylic acids is 1. The molecule has 2 amide bonds. The Labute approximate surface area is 103 Å². The highest BCUT2D eigenvalue weighted by atomic mass is 16.2. The summed E-state index contributed by atoms with van der Waals surface area (Å²) in [6.07, 6.45) is 0.952. The van der Waals surface area contributed by atoms with E-state index in [4.69, 9.17) is 5.73 Å². The van der Waals surface area contributed by atoms with Crippen LogP contribution in [0, 0.1) is 0 Å². The molecule has 0 aliphatic heterocycles. The number of benzene rings is 1. The maximum absolute atomic E-state index is 12.0. The normalized spacial score (nSPS) is 10.4. The minimum Gasteiger partial charge on any atom is -0.399 e. The molecule has 0 bridgehead atoms. The molecule has 0 unspecified atom stereocenters. The fourth-order valence-corrected chi connectivity index (χ4v) is 1.60. The lowest BCUT2D eigenvalue weighted by Crippen LogP contribution is -2.40. The van der Waals surface area contributed by atoms with Crippen molar-refractivity contribution in [2.24, 2.45) is 0 Å². The first kappa shape index (κ1) is 13.4. The second kappa shape index (κ2) is 6.13. The molecule has 0 radical (unpaired) electrons. The lowest BCUT2D eigenvalue weighted by atomic mass is 10.3. The van der Waals surface area contributed by atoms with Gasteiger partial charge >= 0.3 is 6.03 Å². The minimum absolute atomic E-state index is 0.0633. The van der Waals surface area contributed by atoms with Gasteiger partial charge in [-0.15, -0.1) is 0 Å². The van der Waals surface area contributed by atoms with E-state index in [2.05, 4.69) is 12.2 Å². The molecule has 17 heavy (non-hydrogen) atoms. The Morgan fingerprint density at radius 2 is 1.94 bits per heavy atom. The molecule has 0 heterocycles. The average Bonchev–Trinajstić information content (AvgIpc) is 2.28. The molecule has 1 aromatic rings. The molecule has 1 rings (SSSR count). The maximum Gasteiger partial charge on any atom is 0.322 e. The van der Waals surface area contributed by atoms with Crippen molar-refractivity contribution >= 4 is 17.4 Å². The number of amides is 2. The van der Waals surface area contributed by atoms with Crippen LogP contribution in [0.1, 0.15) is 27.2 Å². The summed E-state index contributed by atoms with van der Waals surface area (Å²) in [5, 5.41) is 2.87. The largest absolute Gasteiger partial charge is 0.399 e. The third-order valence-electron chi connectivity index (χ3n) is 2.51. The van der Waals surface area contributed by atoms with Gasteiger partial charge in [-0.05, 0) is 44.5 Å². The summed E-state index contributed by atoms with van der Waals surface area (Å²) in [6.45, 7) is 6.85. The van der Waals surface area contributed by atoms with Crippen LogP contribution in [0.4, 0.5) is 16.2 Å². The molecule has 94 valence electrons. The van der Waals surface area contributed by atoms with E-state index in [1.165, 1.54) is 0 Å². The van der Waals surface area contributed by atoms with E-state index in [1.54, 1.807) is 24.3 Å². The summed E-state index contributed by atoms with van der Waals surface area (Å²) < 4.78 is 0. The zero-order valence-electron chi connectivity index (χ0n) is 10.7. The van der Waals surface area contributed by atoms with E-state index >= 15 is 0 Å². The van der Waals surface area contributed by atoms with E-state index in [9.17, 15) is 4.79 Å². The highest BCUT2D eigenvalue weighted by molar-refractivity contribution is 5.89. The Balaban J connectivity index is 2.66. The summed E-state index contributed by atoms with van der Waals surface area (Å²) in [5.41, 5.74) is 7.05. The summed E-state index contributed by atoms with van der Waals surface area (Å²) in [4.78, 5) is 13.8. The van der Waals surface area contributed by atoms with Gasteiger partial charge in [0.25, 0.3) is 0 Å². The Kier molecular flexibility index (Phi) is 4.82. The summed E-state index contributed by atoms with van der Waals surface area (Å²) in [6, 6.07) is 7.29. The lowest BCUT2D eigenvalue weighted by molar-refractivity contribution is 0.197. The molecular formula is C13H21N3O. The smallest absolute Gasteiger partial charge is 0.322 e. The van der Waals surface area contributed by atoms with Gasteiger partial charge < -0.3 is 16.0 Å². The van der Waals surface area contributed by atoms with Gasteiger partial charge in [-0.2, -0.15) is 0 Å². The third kappa shape index (κ3) is 3.98. The van der Waals surface area contributed by atoms with Gasteiger partial charge in [0.05, 0.1) is 0 Å². The SMILES string of the molecule is CCCN(C(=O)Nc1ccc(N)cc1)C(C)C. The molecule has 0 spiro atoms. The summed E-state index contributed by atoms with van der Waals surface area (Å²) in [5.74, 6) is 0. The fraction of sp³-hybridized carbons (Fsp3) is 0.462. The van der Waals surface area contributed by atoms with Crippen molar-refractivity contribution in [1.29, 1.82) is 0 Å². The van der Waals surface area contributed by atoms with Gasteiger partial charge in [-0.1, -0.05) is 6.92 Å². The maximum atomic E-state index is 12.0. The molecule has 0 atom stereocenters. The van der Waals surface area contributed by atoms with Crippen LogP contribution in [-0.4, -0.2) is 23.5 Å². The van der Waals surface area contributed by atoms with Crippen LogP contribution in [0.15, 0.2) is 24.3 Å². The first-order chi connectivity index (χ1) is 8.04. The monoisotopic (exact) mass is 235 g/mol. The van der Waals surface area contributed by atoms with Crippen molar-refractivity contribution in [3.05, 3.63) is 24.3 Å². The van der Waals surface area contributed by atoms with Gasteiger partial charge in [-0.3, -0.25) is 0 Å². The number of hydrogen-bond acceptors (Lipinski definition) is 2. The van der Waals surface area contributed by atoms with Crippen molar-refractivity contribution in [1.82, 2.24) is 4.90 Å². The number of nitrogens with zero attached hydrogens (tertiary/aromatic N) is 1. The van der Waals surface area contributed by atoms with Crippen LogP contribution in [0.25, 0.3) is 0 Å². The Bertz CT molecular complexity index is 359. The molecule has 0 saturated carbocycles. The highest BCUT2D eigenvalue weighted by Gasteiger charge is 2.15. The molecule has 4 heteroatoms. The number of rotatable bonds is 4. The van der Waals surface area contributed by atoms with E-state index in [-0.39, 0.29) is 12.1 Å². The predicted molar refractivity (Wildman–Crippen MR) is 72.0 cm³/mol. The number of nitrogen functional groups attached to an aromatic ring is 1. The molecule has 4 nitrogen and oxygen atoms in total. The van der Waals surface area contributed by atoms with Crippen LogP contribution in [0.3, 0.4) is 0 Å². The van der Waals surface area contributed by atoms with Gasteiger partial charge in [0.1, 0.15) is 0 Å². The molecule has 1 aromatic carbocycles. The van der Waals surface area contributed by atoms with Crippen molar-refractivity contribution in [3.8, 4) is 0 Å². The summed E-state index contributed by atoms with van der Waals surface area (Å²) >= 11 is 0. The van der Waals surface area contributed by atoms with E-state index < -0.39 is 0 Å². The van der Waals surface area contributed by atoms with Gasteiger partial charge in [0.2, 0.25) is 0 Å². The number of nitrogens with one attached hydrogen (secondary N) is 1. The molecule has 0 aliphatic rings. The van der Waals surface area contributed by atoms with Gasteiger partial charge in [0, 0.05) is 24.0 Å². The fourth-order valence-electron chi connectivity index (χ4n) is 1.60. The molecule has 0 fully saturated rings. The average molecular weight is 235 g/mol. The zero-order valence-corrected chi connectivity index (χ0v) is 10.7. The van der Waals surface area contributed by atoms with Crippen LogP contribution >= 0.6 is 0 Å². The molecule has 0 saturated heterocycles. The van der Waals surface area contributed by atoms with Crippen LogP contribution in [0.2, 0.25) is 0 Å². The van der Waals surface area contributed by atoms with E-state index in [1.807, 2.05) is 18.7 Å². The van der Waals surface area contributed by atoms with Gasteiger partial charge in [0.15, 0.2) is 0 Å². The Morgan fingerprint density at radius 3 is 2.41 bits per heavy atom. The second-order valence-electron chi connectivity index (χ2n) is 4.34. The van der Waals surface area contributed by atoms with Crippen molar-refractivity contribution in [2.45, 2.75) is 33.2 Å². The molecule has 0 aromatic heterocycles. The van der Waals surface area contributed by atoms with Crippen molar-refractivity contribution in [2.75, 3.05) is 17.6 Å². The summed E-state index contributed by atoms with van der Waals surface area (Å²) in [7, 11) is 0. The van der Waals surface area contributed by atoms with E-state index in [0.29, 0.717) is 5.69 Å². The number of hydrogen-bond donors (Lipinski definition) is 2. The molecular weight excluding hydrogens is 214 g/mol. The number of nitrogens with two attached hydrogens (primary N) is 1. The third-order valence-corrected chi connectivity index (χ3v) is 2.51.